The highest BCUT2D eigenvalue weighted by Crippen LogP contribution is 2.37. The van der Waals surface area contributed by atoms with E-state index in [4.69, 9.17) is 26.2 Å². The Hall–Kier alpha value is -2.83. The Morgan fingerprint density at radius 2 is 1.91 bits per heavy atom. The number of benzene rings is 2. The molecular weight excluding hydrogens is 438 g/mol. The van der Waals surface area contributed by atoms with Gasteiger partial charge in [-0.3, -0.25) is 4.79 Å². The molecule has 1 amide bonds. The topological polar surface area (TPSA) is 56.6 Å². The summed E-state index contributed by atoms with van der Waals surface area (Å²) >= 11 is 6.42. The van der Waals surface area contributed by atoms with E-state index in [1.807, 2.05) is 60.4 Å². The molecule has 1 aliphatic heterocycles. The lowest BCUT2D eigenvalue weighted by Crippen LogP contribution is -2.38. The van der Waals surface area contributed by atoms with E-state index in [2.05, 4.69) is 0 Å². The number of carbonyl (C=O) groups excluding carboxylic acids is 1. The number of amides is 1. The van der Waals surface area contributed by atoms with Gasteiger partial charge in [0.15, 0.2) is 0 Å². The van der Waals surface area contributed by atoms with Crippen molar-refractivity contribution in [2.24, 2.45) is 5.92 Å². The van der Waals surface area contributed by atoms with Crippen molar-refractivity contribution in [2.75, 3.05) is 13.2 Å². The maximum absolute atomic E-state index is 13.2. The third-order valence-electron chi connectivity index (χ3n) is 6.22. The average molecular weight is 466 g/mol. The predicted octanol–water partition coefficient (Wildman–Crippen LogP) is 5.54. The Bertz CT molecular complexity index is 1120. The summed E-state index contributed by atoms with van der Waals surface area (Å²) in [5, 5.41) is 5.31. The third-order valence-corrected chi connectivity index (χ3v) is 6.53. The van der Waals surface area contributed by atoms with Gasteiger partial charge in [0.2, 0.25) is 11.8 Å². The summed E-state index contributed by atoms with van der Waals surface area (Å²) in [4.78, 5) is 15.1. The number of halogens is 1. The second-order valence-electron chi connectivity index (χ2n) is 8.78. The maximum atomic E-state index is 13.2. The number of carbonyl (C=O) groups is 1. The van der Waals surface area contributed by atoms with Crippen LogP contribution in [-0.4, -0.2) is 39.8 Å². The number of aromatic nitrogens is 2. The fraction of sp³-hybridized carbons (Fsp3) is 0.385. The summed E-state index contributed by atoms with van der Waals surface area (Å²) in [6, 6.07) is 17.2. The summed E-state index contributed by atoms with van der Waals surface area (Å²) < 4.78 is 14.0. The molecule has 0 unspecified atom stereocenters. The SMILES string of the molecule is Cc1nn(-c2ccccc2)c(Oc2ccccc2Cl)c1CN(C[C@@H]1CCCO1)C(=O)C1CC1. The minimum absolute atomic E-state index is 0.0881. The van der Waals surface area contributed by atoms with Gasteiger partial charge in [0.25, 0.3) is 0 Å². The van der Waals surface area contributed by atoms with Gasteiger partial charge >= 0.3 is 0 Å². The van der Waals surface area contributed by atoms with Crippen molar-refractivity contribution in [1.82, 2.24) is 14.7 Å². The fourth-order valence-corrected chi connectivity index (χ4v) is 4.42. The van der Waals surface area contributed by atoms with Crippen molar-refractivity contribution in [3.05, 3.63) is 70.9 Å². The highest BCUT2D eigenvalue weighted by atomic mass is 35.5. The van der Waals surface area contributed by atoms with Crippen LogP contribution >= 0.6 is 11.6 Å². The third kappa shape index (κ3) is 4.92. The van der Waals surface area contributed by atoms with Crippen LogP contribution < -0.4 is 4.74 Å². The van der Waals surface area contributed by atoms with Crippen LogP contribution in [0.4, 0.5) is 0 Å². The first-order chi connectivity index (χ1) is 16.1. The van der Waals surface area contributed by atoms with Crippen LogP contribution in [0.1, 0.15) is 36.9 Å². The minimum atomic E-state index is 0.0881. The molecule has 7 heteroatoms. The number of para-hydroxylation sites is 2. The van der Waals surface area contributed by atoms with E-state index in [0.717, 1.165) is 49.2 Å². The molecular formula is C26H28ClN3O3. The second-order valence-corrected chi connectivity index (χ2v) is 9.18. The molecule has 33 heavy (non-hydrogen) atoms. The number of hydrogen-bond donors (Lipinski definition) is 0. The molecule has 3 aromatic rings. The van der Waals surface area contributed by atoms with Gasteiger partial charge in [-0.2, -0.15) is 5.10 Å². The van der Waals surface area contributed by atoms with Gasteiger partial charge in [-0.1, -0.05) is 41.9 Å². The van der Waals surface area contributed by atoms with E-state index in [1.54, 1.807) is 10.7 Å². The lowest BCUT2D eigenvalue weighted by Gasteiger charge is -2.26. The van der Waals surface area contributed by atoms with Crippen LogP contribution in [0.15, 0.2) is 54.6 Å². The Balaban J connectivity index is 1.52. The van der Waals surface area contributed by atoms with Gasteiger partial charge in [-0.05, 0) is 56.9 Å². The van der Waals surface area contributed by atoms with E-state index in [1.165, 1.54) is 0 Å². The zero-order chi connectivity index (χ0) is 22.8. The quantitative estimate of drug-likeness (QED) is 0.438. The first-order valence-electron chi connectivity index (χ1n) is 11.6. The van der Waals surface area contributed by atoms with E-state index >= 15 is 0 Å². The van der Waals surface area contributed by atoms with Crippen molar-refractivity contribution >= 4 is 17.5 Å². The van der Waals surface area contributed by atoms with Crippen molar-refractivity contribution < 1.29 is 14.3 Å². The van der Waals surface area contributed by atoms with Crippen LogP contribution in [-0.2, 0) is 16.1 Å². The van der Waals surface area contributed by atoms with Gasteiger partial charge in [0.05, 0.1) is 34.6 Å². The van der Waals surface area contributed by atoms with Crippen molar-refractivity contribution in [3.63, 3.8) is 0 Å². The number of ether oxygens (including phenoxy) is 2. The lowest BCUT2D eigenvalue weighted by molar-refractivity contribution is -0.134. The zero-order valence-corrected chi connectivity index (χ0v) is 19.5. The molecule has 1 aliphatic carbocycles. The summed E-state index contributed by atoms with van der Waals surface area (Å²) in [6.07, 6.45) is 4.05. The summed E-state index contributed by atoms with van der Waals surface area (Å²) in [5.74, 6) is 1.45. The maximum Gasteiger partial charge on any atom is 0.227 e. The summed E-state index contributed by atoms with van der Waals surface area (Å²) in [7, 11) is 0. The molecule has 172 valence electrons. The van der Waals surface area contributed by atoms with Gasteiger partial charge in [-0.25, -0.2) is 4.68 Å². The normalized spacial score (nSPS) is 17.8. The number of hydrogen-bond acceptors (Lipinski definition) is 4. The molecule has 5 rings (SSSR count). The van der Waals surface area contributed by atoms with Crippen LogP contribution in [0.3, 0.4) is 0 Å². The molecule has 2 aliphatic rings. The van der Waals surface area contributed by atoms with Crippen LogP contribution in [0, 0.1) is 12.8 Å². The monoisotopic (exact) mass is 465 g/mol. The number of nitrogens with zero attached hydrogens (tertiary/aromatic N) is 3. The average Bonchev–Trinajstić information content (AvgIpc) is 3.47. The van der Waals surface area contributed by atoms with Gasteiger partial charge in [-0.15, -0.1) is 0 Å². The van der Waals surface area contributed by atoms with Crippen LogP contribution in [0.5, 0.6) is 11.6 Å². The molecule has 1 aromatic heterocycles. The Morgan fingerprint density at radius 3 is 2.61 bits per heavy atom. The lowest BCUT2D eigenvalue weighted by atomic mass is 10.1. The Morgan fingerprint density at radius 1 is 1.15 bits per heavy atom. The summed E-state index contributed by atoms with van der Waals surface area (Å²) in [5.41, 5.74) is 2.58. The predicted molar refractivity (Wildman–Crippen MR) is 127 cm³/mol. The molecule has 2 heterocycles. The molecule has 2 aromatic carbocycles. The molecule has 1 saturated carbocycles. The van der Waals surface area contributed by atoms with Crippen molar-refractivity contribution in [3.8, 4) is 17.3 Å². The smallest absolute Gasteiger partial charge is 0.227 e. The number of aryl methyl sites for hydroxylation is 1. The fourth-order valence-electron chi connectivity index (χ4n) is 4.25. The summed E-state index contributed by atoms with van der Waals surface area (Å²) in [6.45, 7) is 3.74. The van der Waals surface area contributed by atoms with Crippen LogP contribution in [0.25, 0.3) is 5.69 Å². The highest BCUT2D eigenvalue weighted by molar-refractivity contribution is 6.32. The first kappa shape index (κ1) is 22.0. The number of rotatable bonds is 8. The largest absolute Gasteiger partial charge is 0.437 e. The first-order valence-corrected chi connectivity index (χ1v) is 11.9. The molecule has 0 bridgehead atoms. The molecule has 1 saturated heterocycles. The zero-order valence-electron chi connectivity index (χ0n) is 18.7. The van der Waals surface area contributed by atoms with Gasteiger partial charge in [0.1, 0.15) is 5.75 Å². The van der Waals surface area contributed by atoms with Crippen LogP contribution in [0.2, 0.25) is 5.02 Å². The molecule has 0 spiro atoms. The van der Waals surface area contributed by atoms with E-state index in [-0.39, 0.29) is 17.9 Å². The minimum Gasteiger partial charge on any atom is -0.437 e. The second kappa shape index (κ2) is 9.57. The molecule has 6 nitrogen and oxygen atoms in total. The molecule has 1 atom stereocenters. The van der Waals surface area contributed by atoms with Crippen molar-refractivity contribution in [2.45, 2.75) is 45.3 Å². The Labute approximate surface area is 199 Å². The highest BCUT2D eigenvalue weighted by Gasteiger charge is 2.36. The van der Waals surface area contributed by atoms with Crippen molar-refractivity contribution in [1.29, 1.82) is 0 Å². The van der Waals surface area contributed by atoms with E-state index in [9.17, 15) is 4.79 Å². The Kier molecular flexibility index (Phi) is 6.38. The molecule has 0 N–H and O–H groups in total. The van der Waals surface area contributed by atoms with Gasteiger partial charge < -0.3 is 14.4 Å². The van der Waals surface area contributed by atoms with E-state index in [0.29, 0.717) is 29.7 Å². The van der Waals surface area contributed by atoms with E-state index < -0.39 is 0 Å². The molecule has 2 fully saturated rings. The van der Waals surface area contributed by atoms with Gasteiger partial charge in [0, 0.05) is 19.1 Å². The standard InChI is InChI=1S/C26H28ClN3O3/c1-18-22(17-29(25(31)19-13-14-19)16-21-10-7-15-32-21)26(33-24-12-6-5-11-23(24)27)30(28-18)20-8-3-2-4-9-20/h2-6,8-9,11-12,19,21H,7,10,13-17H2,1H3/t21-/m0/s1. The molecule has 0 radical (unpaired) electrons.